The molecule has 1 aromatic heterocycles. The van der Waals surface area contributed by atoms with Crippen LogP contribution >= 0.6 is 0 Å². The molecule has 1 atom stereocenters. The quantitative estimate of drug-likeness (QED) is 0.299. The normalized spacial score (nSPS) is 11.8. The molecule has 0 saturated carbocycles. The van der Waals surface area contributed by atoms with E-state index in [1.54, 1.807) is 45.2 Å². The van der Waals surface area contributed by atoms with E-state index in [1.807, 2.05) is 72.8 Å². The number of amides is 2. The van der Waals surface area contributed by atoms with Gasteiger partial charge >= 0.3 is 6.09 Å². The molecule has 0 unspecified atom stereocenters. The molecule has 2 amide bonds. The van der Waals surface area contributed by atoms with Crippen LogP contribution < -0.4 is 10.6 Å². The van der Waals surface area contributed by atoms with Gasteiger partial charge in [0.1, 0.15) is 17.7 Å². The van der Waals surface area contributed by atoms with Gasteiger partial charge in [-0.2, -0.15) is 5.26 Å². The molecule has 4 rings (SSSR count). The number of alkyl carbamates (subject to hydrolysis) is 1. The maximum Gasteiger partial charge on any atom is 0.408 e. The molecule has 0 radical (unpaired) electrons. The standard InChI is InChI=1S/C32H30N4O3/c1-32(2,3)39-31(38)36-29(28(23-10-6-4-7-11-23)24-12-8-5-9-13-24)30(37)35-26-16-14-22(15-17-26)27-18-19-34-21-25(27)20-33/h4-19,21,28-29H,1-3H3,(H,35,37)(H,36,38)/t29-/m0/s1. The van der Waals surface area contributed by atoms with Crippen LogP contribution in [0.2, 0.25) is 0 Å². The van der Waals surface area contributed by atoms with Gasteiger partial charge in [0.2, 0.25) is 5.91 Å². The summed E-state index contributed by atoms with van der Waals surface area (Å²) >= 11 is 0. The summed E-state index contributed by atoms with van der Waals surface area (Å²) in [6.07, 6.45) is 2.47. The van der Waals surface area contributed by atoms with Gasteiger partial charge < -0.3 is 15.4 Å². The Hall–Kier alpha value is -4.96. The molecule has 2 N–H and O–H groups in total. The summed E-state index contributed by atoms with van der Waals surface area (Å²) in [5.74, 6) is -0.873. The molecule has 0 bridgehead atoms. The number of ether oxygens (including phenoxy) is 1. The van der Waals surface area contributed by atoms with Crippen molar-refractivity contribution in [2.75, 3.05) is 5.32 Å². The summed E-state index contributed by atoms with van der Waals surface area (Å²) in [6, 6.07) is 29.3. The first-order chi connectivity index (χ1) is 18.7. The first-order valence-corrected chi connectivity index (χ1v) is 12.6. The van der Waals surface area contributed by atoms with E-state index in [0.717, 1.165) is 22.3 Å². The molecule has 7 nitrogen and oxygen atoms in total. The molecule has 3 aromatic carbocycles. The second kappa shape index (κ2) is 12.1. The van der Waals surface area contributed by atoms with Gasteiger partial charge in [-0.15, -0.1) is 0 Å². The Morgan fingerprint density at radius 2 is 1.46 bits per heavy atom. The zero-order chi connectivity index (χ0) is 27.8. The summed E-state index contributed by atoms with van der Waals surface area (Å²) in [4.78, 5) is 30.7. The number of rotatable bonds is 7. The number of hydrogen-bond acceptors (Lipinski definition) is 5. The number of nitrogens with zero attached hydrogens (tertiary/aromatic N) is 2. The lowest BCUT2D eigenvalue weighted by Gasteiger charge is -2.29. The number of carbonyl (C=O) groups is 2. The molecular weight excluding hydrogens is 488 g/mol. The number of nitrogens with one attached hydrogen (secondary N) is 2. The number of anilines is 1. The van der Waals surface area contributed by atoms with Crippen molar-refractivity contribution >= 4 is 17.7 Å². The number of hydrogen-bond donors (Lipinski definition) is 2. The molecule has 39 heavy (non-hydrogen) atoms. The molecule has 196 valence electrons. The zero-order valence-corrected chi connectivity index (χ0v) is 22.1. The summed E-state index contributed by atoms with van der Waals surface area (Å²) in [7, 11) is 0. The van der Waals surface area contributed by atoms with E-state index in [1.165, 1.54) is 6.20 Å². The van der Waals surface area contributed by atoms with Crippen molar-refractivity contribution in [2.24, 2.45) is 0 Å². The van der Waals surface area contributed by atoms with E-state index in [4.69, 9.17) is 4.74 Å². The predicted molar refractivity (Wildman–Crippen MR) is 151 cm³/mol. The number of aromatic nitrogens is 1. The molecule has 4 aromatic rings. The van der Waals surface area contributed by atoms with Crippen molar-refractivity contribution in [3.8, 4) is 17.2 Å². The van der Waals surface area contributed by atoms with E-state index in [0.29, 0.717) is 11.3 Å². The average molecular weight is 519 g/mol. The van der Waals surface area contributed by atoms with Gasteiger partial charge in [-0.25, -0.2) is 4.79 Å². The maximum absolute atomic E-state index is 13.8. The van der Waals surface area contributed by atoms with Gasteiger partial charge in [0.15, 0.2) is 0 Å². The minimum atomic E-state index is -0.977. The first-order valence-electron chi connectivity index (χ1n) is 12.6. The lowest BCUT2D eigenvalue weighted by molar-refractivity contribution is -0.118. The van der Waals surface area contributed by atoms with E-state index >= 15 is 0 Å². The van der Waals surface area contributed by atoms with Crippen molar-refractivity contribution < 1.29 is 14.3 Å². The topological polar surface area (TPSA) is 104 Å². The van der Waals surface area contributed by atoms with Crippen LogP contribution in [-0.2, 0) is 9.53 Å². The van der Waals surface area contributed by atoms with Crippen molar-refractivity contribution in [3.05, 3.63) is 120 Å². The van der Waals surface area contributed by atoms with E-state index in [2.05, 4.69) is 21.7 Å². The number of pyridine rings is 1. The minimum absolute atomic E-state index is 0.395. The summed E-state index contributed by atoms with van der Waals surface area (Å²) in [5.41, 5.74) is 3.60. The summed E-state index contributed by atoms with van der Waals surface area (Å²) < 4.78 is 5.52. The van der Waals surface area contributed by atoms with E-state index in [9.17, 15) is 14.9 Å². The second-order valence-electron chi connectivity index (χ2n) is 10.0. The van der Waals surface area contributed by atoms with Crippen LogP contribution in [0.1, 0.15) is 43.4 Å². The fraction of sp³-hybridized carbons (Fsp3) is 0.188. The molecule has 7 heteroatoms. The predicted octanol–water partition coefficient (Wildman–Crippen LogP) is 6.28. The van der Waals surface area contributed by atoms with Gasteiger partial charge in [0.05, 0.1) is 5.56 Å². The van der Waals surface area contributed by atoms with Crippen molar-refractivity contribution in [3.63, 3.8) is 0 Å². The Labute approximate surface area is 228 Å². The van der Waals surface area contributed by atoms with Crippen molar-refractivity contribution in [1.82, 2.24) is 10.3 Å². The average Bonchev–Trinajstić information content (AvgIpc) is 2.93. The highest BCUT2D eigenvalue weighted by Gasteiger charge is 2.34. The molecular formula is C32H30N4O3. The van der Waals surface area contributed by atoms with Crippen LogP contribution in [0.5, 0.6) is 0 Å². The van der Waals surface area contributed by atoms with Crippen LogP contribution in [0, 0.1) is 11.3 Å². The van der Waals surface area contributed by atoms with Gasteiger partial charge in [0.25, 0.3) is 0 Å². The SMILES string of the molecule is CC(C)(C)OC(=O)N[C@H](C(=O)Nc1ccc(-c2ccncc2C#N)cc1)C(c1ccccc1)c1ccccc1. The third kappa shape index (κ3) is 7.08. The highest BCUT2D eigenvalue weighted by atomic mass is 16.6. The minimum Gasteiger partial charge on any atom is -0.444 e. The third-order valence-corrected chi connectivity index (χ3v) is 6.01. The number of carbonyl (C=O) groups excluding carboxylic acids is 2. The summed E-state index contributed by atoms with van der Waals surface area (Å²) in [6.45, 7) is 5.32. The molecule has 0 fully saturated rings. The van der Waals surface area contributed by atoms with Crippen LogP contribution in [0.4, 0.5) is 10.5 Å². The highest BCUT2D eigenvalue weighted by Crippen LogP contribution is 2.30. The van der Waals surface area contributed by atoms with Gasteiger partial charge in [-0.05, 0) is 55.7 Å². The largest absolute Gasteiger partial charge is 0.444 e. The van der Waals surface area contributed by atoms with Crippen molar-refractivity contribution in [2.45, 2.75) is 38.3 Å². The van der Waals surface area contributed by atoms with Crippen LogP contribution in [0.25, 0.3) is 11.1 Å². The second-order valence-corrected chi connectivity index (χ2v) is 10.0. The van der Waals surface area contributed by atoms with Crippen LogP contribution in [-0.4, -0.2) is 28.6 Å². The van der Waals surface area contributed by atoms with E-state index in [-0.39, 0.29) is 0 Å². The Bertz CT molecular complexity index is 1420. The smallest absolute Gasteiger partial charge is 0.408 e. The fourth-order valence-electron chi connectivity index (χ4n) is 4.32. The van der Waals surface area contributed by atoms with Crippen molar-refractivity contribution in [1.29, 1.82) is 5.26 Å². The first kappa shape index (κ1) is 27.1. The van der Waals surface area contributed by atoms with Crippen LogP contribution in [0.15, 0.2) is 103 Å². The maximum atomic E-state index is 13.8. The Kier molecular flexibility index (Phi) is 8.37. The lowest BCUT2D eigenvalue weighted by Crippen LogP contribution is -2.49. The number of benzene rings is 3. The van der Waals surface area contributed by atoms with Crippen LogP contribution in [0.3, 0.4) is 0 Å². The number of nitriles is 1. The molecule has 0 saturated heterocycles. The van der Waals surface area contributed by atoms with Gasteiger partial charge in [0, 0.05) is 29.6 Å². The highest BCUT2D eigenvalue weighted by molar-refractivity contribution is 5.98. The third-order valence-electron chi connectivity index (χ3n) is 6.01. The lowest BCUT2D eigenvalue weighted by atomic mass is 9.84. The zero-order valence-electron chi connectivity index (χ0n) is 22.1. The van der Waals surface area contributed by atoms with Gasteiger partial charge in [-0.1, -0.05) is 72.8 Å². The monoisotopic (exact) mass is 518 g/mol. The Balaban J connectivity index is 1.67. The fourth-order valence-corrected chi connectivity index (χ4v) is 4.32. The van der Waals surface area contributed by atoms with E-state index < -0.39 is 29.6 Å². The molecule has 0 aliphatic rings. The Morgan fingerprint density at radius 1 is 0.872 bits per heavy atom. The summed E-state index contributed by atoms with van der Waals surface area (Å²) in [5, 5.41) is 15.2. The van der Waals surface area contributed by atoms with Gasteiger partial charge in [-0.3, -0.25) is 9.78 Å². The Morgan fingerprint density at radius 3 is 2.00 bits per heavy atom. The molecule has 1 heterocycles. The molecule has 0 aliphatic heterocycles. The molecule has 0 spiro atoms. The molecule has 0 aliphatic carbocycles.